The van der Waals surface area contributed by atoms with Crippen LogP contribution < -0.4 is 14.8 Å². The molecular weight excluding hydrogens is 412 g/mol. The predicted molar refractivity (Wildman–Crippen MR) is 125 cm³/mol. The first-order valence-electron chi connectivity index (χ1n) is 11.0. The van der Waals surface area contributed by atoms with Crippen LogP contribution in [0.2, 0.25) is 5.02 Å². The number of nitrogens with one attached hydrogen (secondary N) is 1. The SMILES string of the molecule is COc1ccc([C@@H](CNC(=O)COc2cc(C)c(Cl)c(C)c2)N2CCCCCC2)cc1. The van der Waals surface area contributed by atoms with E-state index in [4.69, 9.17) is 21.1 Å². The number of ether oxygens (including phenoxy) is 2. The molecule has 2 aromatic carbocycles. The molecule has 0 radical (unpaired) electrons. The van der Waals surface area contributed by atoms with E-state index in [9.17, 15) is 4.79 Å². The highest BCUT2D eigenvalue weighted by molar-refractivity contribution is 6.32. The highest BCUT2D eigenvalue weighted by Crippen LogP contribution is 2.27. The summed E-state index contributed by atoms with van der Waals surface area (Å²) in [6.45, 7) is 6.49. The van der Waals surface area contributed by atoms with Gasteiger partial charge in [-0.3, -0.25) is 9.69 Å². The molecule has 5 nitrogen and oxygen atoms in total. The summed E-state index contributed by atoms with van der Waals surface area (Å²) in [6, 6.07) is 12.0. The minimum atomic E-state index is -0.126. The van der Waals surface area contributed by atoms with Crippen LogP contribution in [0.5, 0.6) is 11.5 Å². The molecule has 0 aliphatic carbocycles. The van der Waals surface area contributed by atoms with Gasteiger partial charge in [-0.15, -0.1) is 0 Å². The fourth-order valence-corrected chi connectivity index (χ4v) is 4.20. The second-order valence-corrected chi connectivity index (χ2v) is 8.58. The first kappa shape index (κ1) is 23.4. The number of methoxy groups -OCH3 is 1. The minimum absolute atomic E-state index is 0.0180. The molecule has 0 aromatic heterocycles. The second kappa shape index (κ2) is 11.4. The minimum Gasteiger partial charge on any atom is -0.497 e. The van der Waals surface area contributed by atoms with Crippen LogP contribution in [0, 0.1) is 13.8 Å². The number of benzene rings is 2. The van der Waals surface area contributed by atoms with Gasteiger partial charge in [0, 0.05) is 11.6 Å². The number of likely N-dealkylation sites (tertiary alicyclic amines) is 1. The van der Waals surface area contributed by atoms with Crippen LogP contribution in [0.3, 0.4) is 0 Å². The highest BCUT2D eigenvalue weighted by Gasteiger charge is 2.22. The van der Waals surface area contributed by atoms with Crippen molar-refractivity contribution >= 4 is 17.5 Å². The molecule has 0 spiro atoms. The van der Waals surface area contributed by atoms with Gasteiger partial charge in [-0.1, -0.05) is 36.6 Å². The van der Waals surface area contributed by atoms with E-state index in [1.54, 1.807) is 7.11 Å². The van der Waals surface area contributed by atoms with Crippen LogP contribution in [0.4, 0.5) is 0 Å². The Kier molecular flexibility index (Phi) is 8.61. The molecule has 168 valence electrons. The van der Waals surface area contributed by atoms with Crippen molar-refractivity contribution in [2.24, 2.45) is 0 Å². The van der Waals surface area contributed by atoms with E-state index in [1.807, 2.05) is 38.1 Å². The van der Waals surface area contributed by atoms with E-state index in [-0.39, 0.29) is 18.6 Å². The van der Waals surface area contributed by atoms with Gasteiger partial charge in [0.2, 0.25) is 0 Å². The summed E-state index contributed by atoms with van der Waals surface area (Å²) in [7, 11) is 1.67. The Labute approximate surface area is 190 Å². The Morgan fingerprint density at radius 2 is 1.65 bits per heavy atom. The number of hydrogen-bond acceptors (Lipinski definition) is 4. The van der Waals surface area contributed by atoms with Crippen molar-refractivity contribution in [1.29, 1.82) is 0 Å². The highest BCUT2D eigenvalue weighted by atomic mass is 35.5. The maximum atomic E-state index is 12.5. The van der Waals surface area contributed by atoms with Gasteiger partial charge in [0.1, 0.15) is 11.5 Å². The summed E-state index contributed by atoms with van der Waals surface area (Å²) in [6.07, 6.45) is 4.93. The number of carbonyl (C=O) groups is 1. The molecule has 0 unspecified atom stereocenters. The Morgan fingerprint density at radius 1 is 1.03 bits per heavy atom. The van der Waals surface area contributed by atoms with Crippen LogP contribution in [-0.2, 0) is 4.79 Å². The molecule has 1 fully saturated rings. The Balaban J connectivity index is 1.62. The van der Waals surface area contributed by atoms with Crippen molar-refractivity contribution in [2.45, 2.75) is 45.6 Å². The molecule has 1 heterocycles. The lowest BCUT2D eigenvalue weighted by Crippen LogP contribution is -2.40. The van der Waals surface area contributed by atoms with E-state index >= 15 is 0 Å². The van der Waals surface area contributed by atoms with Gasteiger partial charge in [-0.05, 0) is 80.7 Å². The standard InChI is InChI=1S/C25H33ClN2O3/c1-18-14-22(15-19(2)25(18)26)31-17-24(29)27-16-23(28-12-6-4-5-7-13-28)20-8-10-21(30-3)11-9-20/h8-11,14-15,23H,4-7,12-13,16-17H2,1-3H3,(H,27,29)/t23-/m1/s1. The van der Waals surface area contributed by atoms with Crippen molar-refractivity contribution in [3.63, 3.8) is 0 Å². The zero-order valence-corrected chi connectivity index (χ0v) is 19.5. The molecule has 1 N–H and O–H groups in total. The fourth-order valence-electron chi connectivity index (χ4n) is 4.09. The normalized spacial score (nSPS) is 15.7. The molecule has 31 heavy (non-hydrogen) atoms. The number of nitrogens with zero attached hydrogens (tertiary/aromatic N) is 1. The molecule has 1 aliphatic rings. The number of rotatable bonds is 8. The van der Waals surface area contributed by atoms with Gasteiger partial charge in [-0.25, -0.2) is 0 Å². The van der Waals surface area contributed by atoms with Crippen molar-refractivity contribution in [2.75, 3.05) is 33.4 Å². The van der Waals surface area contributed by atoms with Crippen LogP contribution >= 0.6 is 11.6 Å². The van der Waals surface area contributed by atoms with Gasteiger partial charge in [0.25, 0.3) is 5.91 Å². The number of aryl methyl sites for hydroxylation is 2. The maximum absolute atomic E-state index is 12.5. The third-order valence-electron chi connectivity index (χ3n) is 5.85. The third-order valence-corrected chi connectivity index (χ3v) is 6.45. The summed E-state index contributed by atoms with van der Waals surface area (Å²) in [5, 5.41) is 3.81. The van der Waals surface area contributed by atoms with Gasteiger partial charge < -0.3 is 14.8 Å². The largest absolute Gasteiger partial charge is 0.497 e. The number of hydrogen-bond donors (Lipinski definition) is 1. The molecule has 3 rings (SSSR count). The lowest BCUT2D eigenvalue weighted by molar-refractivity contribution is -0.123. The first-order valence-corrected chi connectivity index (χ1v) is 11.4. The lowest BCUT2D eigenvalue weighted by Gasteiger charge is -2.31. The van der Waals surface area contributed by atoms with Crippen LogP contribution in [0.1, 0.15) is 48.4 Å². The van der Waals surface area contributed by atoms with Gasteiger partial charge in [-0.2, -0.15) is 0 Å². The van der Waals surface area contributed by atoms with Crippen LogP contribution in [0.25, 0.3) is 0 Å². The van der Waals surface area contributed by atoms with E-state index < -0.39 is 0 Å². The molecule has 2 aromatic rings. The quantitative estimate of drug-likeness (QED) is 0.617. The predicted octanol–water partition coefficient (Wildman–Crippen LogP) is 5.08. The molecule has 0 saturated carbocycles. The molecule has 1 amide bonds. The zero-order chi connectivity index (χ0) is 22.2. The van der Waals surface area contributed by atoms with Crippen LogP contribution in [0.15, 0.2) is 36.4 Å². The molecule has 1 atom stereocenters. The van der Waals surface area contributed by atoms with E-state index in [2.05, 4.69) is 22.3 Å². The Morgan fingerprint density at radius 3 is 2.23 bits per heavy atom. The summed E-state index contributed by atoms with van der Waals surface area (Å²) in [5.41, 5.74) is 3.07. The van der Waals surface area contributed by atoms with Crippen molar-refractivity contribution in [3.05, 3.63) is 58.1 Å². The summed E-state index contributed by atoms with van der Waals surface area (Å²) in [5.74, 6) is 1.37. The average molecular weight is 445 g/mol. The topological polar surface area (TPSA) is 50.8 Å². The third kappa shape index (κ3) is 6.62. The Bertz CT molecular complexity index is 839. The molecular formula is C25H33ClN2O3. The van der Waals surface area contributed by atoms with Gasteiger partial charge in [0.15, 0.2) is 6.61 Å². The zero-order valence-electron chi connectivity index (χ0n) is 18.7. The van der Waals surface area contributed by atoms with E-state index in [0.29, 0.717) is 12.3 Å². The lowest BCUT2D eigenvalue weighted by atomic mass is 10.0. The summed E-state index contributed by atoms with van der Waals surface area (Å²) < 4.78 is 11.0. The summed E-state index contributed by atoms with van der Waals surface area (Å²) >= 11 is 6.21. The number of halogens is 1. The van der Waals surface area contributed by atoms with Gasteiger partial charge in [0.05, 0.1) is 13.2 Å². The maximum Gasteiger partial charge on any atom is 0.258 e. The molecule has 1 saturated heterocycles. The van der Waals surface area contributed by atoms with Gasteiger partial charge >= 0.3 is 0 Å². The Hall–Kier alpha value is -2.24. The molecule has 6 heteroatoms. The van der Waals surface area contributed by atoms with E-state index in [0.717, 1.165) is 35.0 Å². The smallest absolute Gasteiger partial charge is 0.258 e. The molecule has 0 bridgehead atoms. The average Bonchev–Trinajstić information content (AvgIpc) is 3.06. The fraction of sp³-hybridized carbons (Fsp3) is 0.480. The number of amides is 1. The van der Waals surface area contributed by atoms with E-state index in [1.165, 1.54) is 31.2 Å². The number of carbonyl (C=O) groups excluding carboxylic acids is 1. The van der Waals surface area contributed by atoms with Crippen molar-refractivity contribution in [1.82, 2.24) is 10.2 Å². The monoisotopic (exact) mass is 444 g/mol. The second-order valence-electron chi connectivity index (χ2n) is 8.20. The molecule has 1 aliphatic heterocycles. The first-order chi connectivity index (χ1) is 15.0. The van der Waals surface area contributed by atoms with Crippen molar-refractivity contribution < 1.29 is 14.3 Å². The van der Waals surface area contributed by atoms with Crippen LogP contribution in [-0.4, -0.2) is 44.2 Å². The summed E-state index contributed by atoms with van der Waals surface area (Å²) in [4.78, 5) is 15.0. The van der Waals surface area contributed by atoms with Crippen molar-refractivity contribution in [3.8, 4) is 11.5 Å².